The normalized spacial score (nSPS) is 11.3. The fourth-order valence-electron chi connectivity index (χ4n) is 3.76. The molecule has 0 fully saturated rings. The molecule has 1 heterocycles. The number of benzene rings is 4. The van der Waals surface area contributed by atoms with E-state index in [1.54, 1.807) is 7.11 Å². The third kappa shape index (κ3) is 2.16. The van der Waals surface area contributed by atoms with Crippen LogP contribution in [0.25, 0.3) is 43.7 Å². The van der Waals surface area contributed by atoms with Gasteiger partial charge in [0.15, 0.2) is 0 Å². The molecule has 0 aliphatic carbocycles. The van der Waals surface area contributed by atoms with Gasteiger partial charge in [0, 0.05) is 10.8 Å². The first-order valence-corrected chi connectivity index (χ1v) is 8.70. The number of fused-ring (bicyclic) bond motifs is 4. The molecule has 1 aromatic heterocycles. The van der Waals surface area contributed by atoms with Gasteiger partial charge in [0.1, 0.15) is 5.75 Å². The smallest absolute Gasteiger partial charge is 0.128 e. The molecule has 2 nitrogen and oxygen atoms in total. The third-order valence-electron chi connectivity index (χ3n) is 4.96. The molecule has 0 aliphatic heterocycles. The first-order chi connectivity index (χ1) is 12.9. The van der Waals surface area contributed by atoms with E-state index in [0.29, 0.717) is 0 Å². The van der Waals surface area contributed by atoms with Crippen LogP contribution in [0.1, 0.15) is 0 Å². The molecule has 5 rings (SSSR count). The van der Waals surface area contributed by atoms with Crippen LogP contribution in [0.5, 0.6) is 5.75 Å². The first-order valence-electron chi connectivity index (χ1n) is 8.70. The number of methoxy groups -OCH3 is 1. The number of nitrogens with zero attached hydrogens (tertiary/aromatic N) is 1. The Hall–Kier alpha value is -3.39. The van der Waals surface area contributed by atoms with Gasteiger partial charge in [-0.05, 0) is 28.3 Å². The lowest BCUT2D eigenvalue weighted by Crippen LogP contribution is -1.94. The number of ether oxygens (including phenoxy) is 1. The molecule has 26 heavy (non-hydrogen) atoms. The number of aromatic nitrogens is 1. The van der Waals surface area contributed by atoms with E-state index in [2.05, 4.69) is 72.8 Å². The highest BCUT2D eigenvalue weighted by molar-refractivity contribution is 6.14. The molecule has 5 aromatic rings. The monoisotopic (exact) mass is 335 g/mol. The van der Waals surface area contributed by atoms with Gasteiger partial charge in [-0.1, -0.05) is 72.8 Å². The largest absolute Gasteiger partial charge is 0.496 e. The lowest BCUT2D eigenvalue weighted by Gasteiger charge is -2.15. The molecule has 0 unspecified atom stereocenters. The number of para-hydroxylation sites is 1. The minimum absolute atomic E-state index is 0.844. The third-order valence-corrected chi connectivity index (χ3v) is 4.96. The molecule has 0 spiro atoms. The van der Waals surface area contributed by atoms with Crippen LogP contribution in [0.4, 0.5) is 0 Å². The van der Waals surface area contributed by atoms with Crippen molar-refractivity contribution in [3.8, 4) is 17.0 Å². The Morgan fingerprint density at radius 2 is 1.27 bits per heavy atom. The van der Waals surface area contributed by atoms with Gasteiger partial charge in [-0.25, -0.2) is 4.98 Å². The van der Waals surface area contributed by atoms with Gasteiger partial charge >= 0.3 is 0 Å². The SMILES string of the molecule is COc1ccc2ccccc2c1-c1nc2ccccc2c2ccccc12. The van der Waals surface area contributed by atoms with Crippen LogP contribution >= 0.6 is 0 Å². The average Bonchev–Trinajstić information content (AvgIpc) is 2.72. The molecule has 2 heteroatoms. The molecule has 4 aromatic carbocycles. The lowest BCUT2D eigenvalue weighted by molar-refractivity contribution is 0.417. The molecule has 0 bridgehead atoms. The zero-order valence-electron chi connectivity index (χ0n) is 14.4. The van der Waals surface area contributed by atoms with Crippen LogP contribution in [-0.2, 0) is 0 Å². The van der Waals surface area contributed by atoms with Gasteiger partial charge in [0.25, 0.3) is 0 Å². The first kappa shape index (κ1) is 14.9. The number of hydrogen-bond acceptors (Lipinski definition) is 2. The second kappa shape index (κ2) is 5.85. The summed E-state index contributed by atoms with van der Waals surface area (Å²) >= 11 is 0. The van der Waals surface area contributed by atoms with Gasteiger partial charge in [-0.15, -0.1) is 0 Å². The highest BCUT2D eigenvalue weighted by atomic mass is 16.5. The van der Waals surface area contributed by atoms with E-state index in [-0.39, 0.29) is 0 Å². The summed E-state index contributed by atoms with van der Waals surface area (Å²) in [5, 5.41) is 5.86. The summed E-state index contributed by atoms with van der Waals surface area (Å²) in [4.78, 5) is 5.05. The van der Waals surface area contributed by atoms with E-state index in [9.17, 15) is 0 Å². The van der Waals surface area contributed by atoms with Gasteiger partial charge < -0.3 is 4.74 Å². The predicted octanol–water partition coefficient (Wildman–Crippen LogP) is 6.22. The van der Waals surface area contributed by atoms with E-state index < -0.39 is 0 Å². The summed E-state index contributed by atoms with van der Waals surface area (Å²) in [6, 6.07) is 29.3. The average molecular weight is 335 g/mol. The van der Waals surface area contributed by atoms with Crippen LogP contribution in [0.15, 0.2) is 84.9 Å². The summed E-state index contributed by atoms with van der Waals surface area (Å²) in [5.74, 6) is 0.844. The topological polar surface area (TPSA) is 22.1 Å². The van der Waals surface area contributed by atoms with E-state index >= 15 is 0 Å². The quantitative estimate of drug-likeness (QED) is 0.357. The number of rotatable bonds is 2. The standard InChI is InChI=1S/C24H17NO/c1-26-22-15-14-16-8-2-3-9-17(16)23(22)24-20-12-5-4-10-18(20)19-11-6-7-13-21(19)25-24/h2-15H,1H3. The Bertz CT molecular complexity index is 1270. The highest BCUT2D eigenvalue weighted by Gasteiger charge is 2.16. The van der Waals surface area contributed by atoms with Gasteiger partial charge in [0.2, 0.25) is 0 Å². The van der Waals surface area contributed by atoms with Crippen LogP contribution in [-0.4, -0.2) is 12.1 Å². The maximum Gasteiger partial charge on any atom is 0.128 e. The van der Waals surface area contributed by atoms with Crippen molar-refractivity contribution in [1.29, 1.82) is 0 Å². The molecule has 0 atom stereocenters. The van der Waals surface area contributed by atoms with Crippen LogP contribution in [0.3, 0.4) is 0 Å². The molecule has 0 amide bonds. The van der Waals surface area contributed by atoms with E-state index in [0.717, 1.165) is 33.3 Å². The Morgan fingerprint density at radius 1 is 0.615 bits per heavy atom. The van der Waals surface area contributed by atoms with Crippen LogP contribution in [0, 0.1) is 0 Å². The van der Waals surface area contributed by atoms with Crippen molar-refractivity contribution in [2.75, 3.05) is 7.11 Å². The predicted molar refractivity (Wildman–Crippen MR) is 109 cm³/mol. The zero-order chi connectivity index (χ0) is 17.5. The zero-order valence-corrected chi connectivity index (χ0v) is 14.4. The fourth-order valence-corrected chi connectivity index (χ4v) is 3.76. The van der Waals surface area contributed by atoms with E-state index in [1.807, 2.05) is 12.1 Å². The molecule has 0 saturated heterocycles. The molecular weight excluding hydrogens is 318 g/mol. The molecule has 0 aliphatic rings. The van der Waals surface area contributed by atoms with Crippen molar-refractivity contribution in [3.63, 3.8) is 0 Å². The second-order valence-corrected chi connectivity index (χ2v) is 6.39. The lowest BCUT2D eigenvalue weighted by atomic mass is 9.95. The van der Waals surface area contributed by atoms with Crippen molar-refractivity contribution in [2.24, 2.45) is 0 Å². The minimum Gasteiger partial charge on any atom is -0.496 e. The molecule has 0 radical (unpaired) electrons. The van der Waals surface area contributed by atoms with E-state index in [1.165, 1.54) is 16.2 Å². The minimum atomic E-state index is 0.844. The summed E-state index contributed by atoms with van der Waals surface area (Å²) in [7, 11) is 1.72. The number of pyridine rings is 1. The number of hydrogen-bond donors (Lipinski definition) is 0. The van der Waals surface area contributed by atoms with Gasteiger partial charge in [-0.3, -0.25) is 0 Å². The van der Waals surface area contributed by atoms with Crippen LogP contribution < -0.4 is 4.74 Å². The summed E-state index contributed by atoms with van der Waals surface area (Å²) < 4.78 is 5.73. The van der Waals surface area contributed by atoms with Crippen molar-refractivity contribution in [3.05, 3.63) is 84.9 Å². The molecule has 0 N–H and O–H groups in total. The maximum absolute atomic E-state index is 5.73. The maximum atomic E-state index is 5.73. The van der Waals surface area contributed by atoms with Crippen LogP contribution in [0.2, 0.25) is 0 Å². The summed E-state index contributed by atoms with van der Waals surface area (Å²) in [6.45, 7) is 0. The van der Waals surface area contributed by atoms with Crippen molar-refractivity contribution >= 4 is 32.4 Å². The molecule has 0 saturated carbocycles. The Labute approximate surface area is 151 Å². The Morgan fingerprint density at radius 3 is 2.08 bits per heavy atom. The second-order valence-electron chi connectivity index (χ2n) is 6.39. The summed E-state index contributed by atoms with van der Waals surface area (Å²) in [6.07, 6.45) is 0. The van der Waals surface area contributed by atoms with E-state index in [4.69, 9.17) is 9.72 Å². The van der Waals surface area contributed by atoms with Gasteiger partial charge in [-0.2, -0.15) is 0 Å². The molecule has 124 valence electrons. The van der Waals surface area contributed by atoms with Crippen molar-refractivity contribution < 1.29 is 4.74 Å². The molecular formula is C24H17NO. The fraction of sp³-hybridized carbons (Fsp3) is 0.0417. The highest BCUT2D eigenvalue weighted by Crippen LogP contribution is 2.40. The van der Waals surface area contributed by atoms with Crippen molar-refractivity contribution in [1.82, 2.24) is 4.98 Å². The Balaban J connectivity index is 2.00. The Kier molecular flexibility index (Phi) is 3.36. The van der Waals surface area contributed by atoms with Crippen molar-refractivity contribution in [2.45, 2.75) is 0 Å². The summed E-state index contributed by atoms with van der Waals surface area (Å²) in [5.41, 5.74) is 3.01. The van der Waals surface area contributed by atoms with Gasteiger partial charge in [0.05, 0.1) is 23.9 Å².